The van der Waals surface area contributed by atoms with Crippen LogP contribution in [0.3, 0.4) is 0 Å². The molecule has 2 aromatic heterocycles. The standard InChI is InChI=1S/C43H42F4N4O6/c1-23-27(9-5-11-29(23)38-49-32-17-25(21-51-16-8-14-43(51,3)4)34(56-41(44)45)19-36(32)54-38)28-10-6-12-30(24(28)2)39-50-33-18-26(22-53-40(52)31-13-7-15-48-31)35(57-42(46)47)20-37(33)55-39/h5-6,9-12,17-20,31,41-42,48H,7-8,13-16,21-22H2,1-4H3/t31-/m0/s1. The Morgan fingerprint density at radius 2 is 1.37 bits per heavy atom. The number of halogens is 4. The molecular formula is C43H42F4N4O6. The first-order valence-corrected chi connectivity index (χ1v) is 19.0. The first-order valence-electron chi connectivity index (χ1n) is 19.0. The number of esters is 1. The molecule has 14 heteroatoms. The Labute approximate surface area is 326 Å². The molecule has 0 saturated carbocycles. The summed E-state index contributed by atoms with van der Waals surface area (Å²) < 4.78 is 81.5. The number of nitrogens with one attached hydrogen (secondary N) is 1. The zero-order valence-corrected chi connectivity index (χ0v) is 32.0. The number of hydrogen-bond donors (Lipinski definition) is 1. The number of hydrogen-bond acceptors (Lipinski definition) is 10. The van der Waals surface area contributed by atoms with Crippen molar-refractivity contribution in [1.82, 2.24) is 20.2 Å². The molecule has 8 rings (SSSR count). The summed E-state index contributed by atoms with van der Waals surface area (Å²) in [6.45, 7) is 3.83. The van der Waals surface area contributed by atoms with E-state index in [0.29, 0.717) is 53.1 Å². The van der Waals surface area contributed by atoms with Crippen molar-refractivity contribution in [2.24, 2.45) is 0 Å². The minimum atomic E-state index is -3.11. The maximum atomic E-state index is 13.6. The summed E-state index contributed by atoms with van der Waals surface area (Å²) in [7, 11) is 0. The Hall–Kier alpha value is -5.47. The normalized spacial score (nSPS) is 17.1. The molecular weight excluding hydrogens is 744 g/mol. The van der Waals surface area contributed by atoms with E-state index in [1.54, 1.807) is 6.07 Å². The van der Waals surface area contributed by atoms with Gasteiger partial charge in [-0.25, -0.2) is 9.97 Å². The maximum Gasteiger partial charge on any atom is 0.387 e. The molecule has 0 spiro atoms. The fraction of sp³-hybridized carbons (Fsp3) is 0.372. The minimum absolute atomic E-state index is 0.0642. The molecule has 0 bridgehead atoms. The molecule has 1 N–H and O–H groups in total. The highest BCUT2D eigenvalue weighted by molar-refractivity contribution is 5.85. The number of oxazole rings is 2. The van der Waals surface area contributed by atoms with Crippen LogP contribution in [0.5, 0.6) is 11.5 Å². The van der Waals surface area contributed by atoms with Crippen LogP contribution in [0.4, 0.5) is 17.6 Å². The summed E-state index contributed by atoms with van der Waals surface area (Å²) in [5.74, 6) is 0.0310. The minimum Gasteiger partial charge on any atom is -0.460 e. The van der Waals surface area contributed by atoms with E-state index in [4.69, 9.17) is 33.0 Å². The van der Waals surface area contributed by atoms with Gasteiger partial charge in [0.2, 0.25) is 11.8 Å². The number of carbonyl (C=O) groups excluding carboxylic acids is 1. The fourth-order valence-corrected chi connectivity index (χ4v) is 7.99. The molecule has 0 unspecified atom stereocenters. The lowest BCUT2D eigenvalue weighted by Gasteiger charge is -2.32. The second kappa shape index (κ2) is 15.5. The van der Waals surface area contributed by atoms with Crippen LogP contribution in [0.25, 0.3) is 56.2 Å². The van der Waals surface area contributed by atoms with Crippen LogP contribution in [-0.2, 0) is 22.7 Å². The van der Waals surface area contributed by atoms with Gasteiger partial charge in [-0.05, 0) is 113 Å². The quantitative estimate of drug-likeness (QED) is 0.0951. The number of rotatable bonds is 12. The van der Waals surface area contributed by atoms with Crippen molar-refractivity contribution in [3.8, 4) is 45.5 Å². The summed E-state index contributed by atoms with van der Waals surface area (Å²) in [5.41, 5.74) is 7.11. The predicted molar refractivity (Wildman–Crippen MR) is 205 cm³/mol. The monoisotopic (exact) mass is 786 g/mol. The van der Waals surface area contributed by atoms with Crippen molar-refractivity contribution in [1.29, 1.82) is 0 Å². The molecule has 0 radical (unpaired) electrons. The fourth-order valence-electron chi connectivity index (χ4n) is 7.99. The van der Waals surface area contributed by atoms with Gasteiger partial charge in [-0.15, -0.1) is 0 Å². The number of ether oxygens (including phenoxy) is 3. The van der Waals surface area contributed by atoms with E-state index in [9.17, 15) is 22.4 Å². The van der Waals surface area contributed by atoms with E-state index in [-0.39, 0.29) is 40.7 Å². The number of fused-ring (bicyclic) bond motifs is 2. The van der Waals surface area contributed by atoms with E-state index in [1.165, 1.54) is 18.2 Å². The molecule has 2 fully saturated rings. The van der Waals surface area contributed by atoms with Gasteiger partial charge < -0.3 is 28.4 Å². The van der Waals surface area contributed by atoms with Crippen LogP contribution in [-0.4, -0.2) is 58.7 Å². The summed E-state index contributed by atoms with van der Waals surface area (Å²) >= 11 is 0. The number of alkyl halides is 4. The van der Waals surface area contributed by atoms with E-state index in [1.807, 2.05) is 50.2 Å². The van der Waals surface area contributed by atoms with Crippen molar-refractivity contribution in [2.45, 2.75) is 91.3 Å². The Morgan fingerprint density at radius 1 is 0.825 bits per heavy atom. The van der Waals surface area contributed by atoms with E-state index in [0.717, 1.165) is 53.6 Å². The van der Waals surface area contributed by atoms with Gasteiger partial charge in [-0.2, -0.15) is 17.6 Å². The first-order chi connectivity index (χ1) is 27.3. The third kappa shape index (κ3) is 7.80. The Balaban J connectivity index is 1.11. The van der Waals surface area contributed by atoms with Crippen molar-refractivity contribution in [3.05, 3.63) is 82.9 Å². The van der Waals surface area contributed by atoms with Gasteiger partial charge in [0.15, 0.2) is 11.2 Å². The molecule has 0 amide bonds. The van der Waals surface area contributed by atoms with Crippen LogP contribution in [0.2, 0.25) is 0 Å². The van der Waals surface area contributed by atoms with Crippen LogP contribution >= 0.6 is 0 Å². The van der Waals surface area contributed by atoms with Gasteiger partial charge in [-0.1, -0.05) is 24.3 Å². The molecule has 4 heterocycles. The molecule has 57 heavy (non-hydrogen) atoms. The first kappa shape index (κ1) is 38.4. The second-order valence-electron chi connectivity index (χ2n) is 15.2. The summed E-state index contributed by atoms with van der Waals surface area (Å²) in [6.07, 6.45) is 3.53. The van der Waals surface area contributed by atoms with Crippen LogP contribution in [0, 0.1) is 13.8 Å². The smallest absolute Gasteiger partial charge is 0.387 e. The molecule has 2 saturated heterocycles. The Kier molecular flexibility index (Phi) is 10.4. The average Bonchev–Trinajstić information content (AvgIpc) is 3.98. The van der Waals surface area contributed by atoms with Crippen molar-refractivity contribution in [2.75, 3.05) is 13.1 Å². The van der Waals surface area contributed by atoms with Crippen LogP contribution in [0.1, 0.15) is 61.8 Å². The third-order valence-electron chi connectivity index (χ3n) is 11.1. The maximum absolute atomic E-state index is 13.6. The van der Waals surface area contributed by atoms with Gasteiger partial charge in [0.1, 0.15) is 35.2 Å². The molecule has 6 aromatic rings. The topological polar surface area (TPSA) is 112 Å². The molecule has 2 aliphatic rings. The Bertz CT molecular complexity index is 2460. The van der Waals surface area contributed by atoms with Crippen LogP contribution < -0.4 is 14.8 Å². The second-order valence-corrected chi connectivity index (χ2v) is 15.2. The highest BCUT2D eigenvalue weighted by Crippen LogP contribution is 2.40. The molecule has 4 aromatic carbocycles. The highest BCUT2D eigenvalue weighted by Gasteiger charge is 2.33. The highest BCUT2D eigenvalue weighted by atomic mass is 19.3. The lowest BCUT2D eigenvalue weighted by molar-refractivity contribution is -0.147. The number of likely N-dealkylation sites (tertiary alicyclic amines) is 1. The van der Waals surface area contributed by atoms with Gasteiger partial charge >= 0.3 is 19.2 Å². The van der Waals surface area contributed by atoms with Crippen molar-refractivity contribution < 1.29 is 45.4 Å². The molecule has 1 atom stereocenters. The number of carbonyl (C=O) groups is 1. The molecule has 0 aliphatic carbocycles. The van der Waals surface area contributed by atoms with E-state index in [2.05, 4.69) is 24.1 Å². The number of benzene rings is 4. The number of nitrogens with zero attached hydrogens (tertiary/aromatic N) is 3. The molecule has 10 nitrogen and oxygen atoms in total. The van der Waals surface area contributed by atoms with Crippen LogP contribution in [0.15, 0.2) is 69.5 Å². The van der Waals surface area contributed by atoms with Crippen molar-refractivity contribution >= 4 is 28.2 Å². The number of aromatic nitrogens is 2. The molecule has 298 valence electrons. The van der Waals surface area contributed by atoms with Gasteiger partial charge in [0.05, 0.1) is 0 Å². The SMILES string of the molecule is Cc1c(-c2nc3cc(COC(=O)[C@@H]4CCCN4)c(OC(F)F)cc3o2)cccc1-c1cccc(-c2nc3cc(CN4CCCC4(C)C)c(OC(F)F)cc3o2)c1C. The lowest BCUT2D eigenvalue weighted by Crippen LogP contribution is -2.37. The summed E-state index contributed by atoms with van der Waals surface area (Å²) in [4.78, 5) is 24.3. The van der Waals surface area contributed by atoms with Crippen molar-refractivity contribution in [3.63, 3.8) is 0 Å². The van der Waals surface area contributed by atoms with Gasteiger partial charge in [-0.3, -0.25) is 9.69 Å². The largest absolute Gasteiger partial charge is 0.460 e. The van der Waals surface area contributed by atoms with Gasteiger partial charge in [0.25, 0.3) is 0 Å². The lowest BCUT2D eigenvalue weighted by atomic mass is 9.91. The summed E-state index contributed by atoms with van der Waals surface area (Å²) in [5, 5.41) is 3.07. The Morgan fingerprint density at radius 3 is 1.88 bits per heavy atom. The molecule has 2 aliphatic heterocycles. The van der Waals surface area contributed by atoms with Gasteiger partial charge in [0, 0.05) is 46.5 Å². The van der Waals surface area contributed by atoms with E-state index < -0.39 is 25.2 Å². The zero-order chi connectivity index (χ0) is 40.0. The summed E-state index contributed by atoms with van der Waals surface area (Å²) in [6, 6.07) is 17.2. The predicted octanol–water partition coefficient (Wildman–Crippen LogP) is 9.96. The third-order valence-corrected chi connectivity index (χ3v) is 11.1. The van der Waals surface area contributed by atoms with E-state index >= 15 is 0 Å². The average molecular weight is 787 g/mol. The zero-order valence-electron chi connectivity index (χ0n) is 32.0.